The second kappa shape index (κ2) is 20.9. The third kappa shape index (κ3) is 18.0. The van der Waals surface area contributed by atoms with E-state index >= 15 is 0 Å². The molecule has 0 saturated carbocycles. The highest BCUT2D eigenvalue weighted by molar-refractivity contribution is 8.00. The van der Waals surface area contributed by atoms with Crippen LogP contribution in [-0.4, -0.2) is 35.1 Å². The molecule has 27 heavy (non-hydrogen) atoms. The van der Waals surface area contributed by atoms with Gasteiger partial charge >= 0.3 is 5.97 Å². The van der Waals surface area contributed by atoms with E-state index in [0.29, 0.717) is 6.42 Å². The van der Waals surface area contributed by atoms with Gasteiger partial charge in [-0.05, 0) is 37.2 Å². The molecule has 0 aliphatic rings. The van der Waals surface area contributed by atoms with Gasteiger partial charge in [0, 0.05) is 16.9 Å². The number of rotatable bonds is 20. The lowest BCUT2D eigenvalue weighted by molar-refractivity contribution is -0.140. The fourth-order valence-electron chi connectivity index (χ4n) is 3.55. The fourth-order valence-corrected chi connectivity index (χ4v) is 6.02. The Labute approximate surface area is 178 Å². The molecule has 0 saturated heterocycles. The second-order valence-electron chi connectivity index (χ2n) is 7.48. The molecule has 0 N–H and O–H groups in total. The first-order valence-corrected chi connectivity index (χ1v) is 13.6. The Hall–Kier alpha value is 0.170. The van der Waals surface area contributed by atoms with Crippen molar-refractivity contribution in [1.82, 2.24) is 0 Å². The minimum atomic E-state index is -0.0661. The van der Waals surface area contributed by atoms with Crippen LogP contribution in [0.4, 0.5) is 0 Å². The largest absolute Gasteiger partial charge is 0.469 e. The Balaban J connectivity index is 3.92. The van der Waals surface area contributed by atoms with Crippen molar-refractivity contribution in [2.75, 3.05) is 18.6 Å². The van der Waals surface area contributed by atoms with Gasteiger partial charge in [0.25, 0.3) is 0 Å². The van der Waals surface area contributed by atoms with Gasteiger partial charge in [-0.25, -0.2) is 0 Å². The van der Waals surface area contributed by atoms with Gasteiger partial charge in [0.05, 0.1) is 7.11 Å². The Kier molecular flexibility index (Phi) is 21.0. The standard InChI is InChI=1S/C23H46O2S2/c1-5-8-9-14-17-21(26-6-2)20-22(27-7-3)18-15-12-10-11-13-16-19-23(24)25-4/h21-22H,5-20H2,1-4H3. The number of hydrogen-bond donors (Lipinski definition) is 0. The highest BCUT2D eigenvalue weighted by Gasteiger charge is 2.16. The maximum Gasteiger partial charge on any atom is 0.305 e. The number of unbranched alkanes of at least 4 members (excludes halogenated alkanes) is 8. The maximum absolute atomic E-state index is 11.1. The van der Waals surface area contributed by atoms with Crippen molar-refractivity contribution in [3.8, 4) is 0 Å². The summed E-state index contributed by atoms with van der Waals surface area (Å²) in [6.45, 7) is 6.92. The van der Waals surface area contributed by atoms with E-state index in [9.17, 15) is 4.79 Å². The van der Waals surface area contributed by atoms with E-state index in [1.54, 1.807) is 0 Å². The molecule has 2 unspecified atom stereocenters. The summed E-state index contributed by atoms with van der Waals surface area (Å²) in [6, 6.07) is 0. The normalized spacial score (nSPS) is 13.5. The van der Waals surface area contributed by atoms with Gasteiger partial charge < -0.3 is 4.74 Å². The van der Waals surface area contributed by atoms with Crippen LogP contribution in [0.3, 0.4) is 0 Å². The number of hydrogen-bond acceptors (Lipinski definition) is 4. The molecule has 0 bridgehead atoms. The molecule has 0 fully saturated rings. The van der Waals surface area contributed by atoms with E-state index in [0.717, 1.165) is 23.3 Å². The van der Waals surface area contributed by atoms with Crippen LogP contribution in [-0.2, 0) is 9.53 Å². The summed E-state index contributed by atoms with van der Waals surface area (Å²) < 4.78 is 4.69. The van der Waals surface area contributed by atoms with Crippen molar-refractivity contribution in [3.63, 3.8) is 0 Å². The Morgan fingerprint density at radius 1 is 0.741 bits per heavy atom. The molecular formula is C23H46O2S2. The van der Waals surface area contributed by atoms with Gasteiger partial charge in [-0.1, -0.05) is 78.6 Å². The van der Waals surface area contributed by atoms with Gasteiger partial charge in [-0.2, -0.15) is 23.5 Å². The third-order valence-corrected chi connectivity index (χ3v) is 7.56. The van der Waals surface area contributed by atoms with Gasteiger partial charge in [-0.3, -0.25) is 4.79 Å². The van der Waals surface area contributed by atoms with Crippen LogP contribution in [0.25, 0.3) is 0 Å². The molecule has 4 heteroatoms. The van der Waals surface area contributed by atoms with E-state index in [-0.39, 0.29) is 5.97 Å². The van der Waals surface area contributed by atoms with Gasteiger partial charge in [0.2, 0.25) is 0 Å². The van der Waals surface area contributed by atoms with Gasteiger partial charge in [-0.15, -0.1) is 0 Å². The molecule has 0 heterocycles. The molecule has 0 amide bonds. The summed E-state index contributed by atoms with van der Waals surface area (Å²) in [5.74, 6) is 2.44. The van der Waals surface area contributed by atoms with E-state index in [4.69, 9.17) is 0 Å². The Bertz CT molecular complexity index is 324. The van der Waals surface area contributed by atoms with Crippen LogP contribution in [0.2, 0.25) is 0 Å². The molecule has 0 aromatic heterocycles. The molecule has 0 aliphatic heterocycles. The zero-order valence-electron chi connectivity index (χ0n) is 18.6. The molecule has 0 aliphatic carbocycles. The van der Waals surface area contributed by atoms with Crippen molar-refractivity contribution in [2.24, 2.45) is 0 Å². The Morgan fingerprint density at radius 2 is 1.22 bits per heavy atom. The summed E-state index contributed by atoms with van der Waals surface area (Å²) >= 11 is 4.38. The zero-order chi connectivity index (χ0) is 20.2. The molecule has 0 aromatic carbocycles. The minimum Gasteiger partial charge on any atom is -0.469 e. The van der Waals surface area contributed by atoms with E-state index in [2.05, 4.69) is 49.0 Å². The topological polar surface area (TPSA) is 26.3 Å². The summed E-state index contributed by atoms with van der Waals surface area (Å²) in [6.07, 6.45) is 17.8. The fraction of sp³-hybridized carbons (Fsp3) is 0.957. The summed E-state index contributed by atoms with van der Waals surface area (Å²) in [4.78, 5) is 11.1. The maximum atomic E-state index is 11.1. The average molecular weight is 419 g/mol. The van der Waals surface area contributed by atoms with E-state index in [1.807, 2.05) is 0 Å². The van der Waals surface area contributed by atoms with Crippen molar-refractivity contribution >= 4 is 29.5 Å². The number of carbonyl (C=O) groups excluding carboxylic acids is 1. The number of thioether (sulfide) groups is 2. The third-order valence-electron chi connectivity index (χ3n) is 5.09. The summed E-state index contributed by atoms with van der Waals surface area (Å²) in [5, 5.41) is 1.72. The van der Waals surface area contributed by atoms with Crippen LogP contribution in [0.1, 0.15) is 111 Å². The van der Waals surface area contributed by atoms with Crippen molar-refractivity contribution < 1.29 is 9.53 Å². The SMILES string of the molecule is CCCCCCC(CC(CCCCCCCCC(=O)OC)SCC)SCC. The lowest BCUT2D eigenvalue weighted by Gasteiger charge is -2.23. The first-order valence-electron chi connectivity index (χ1n) is 11.5. The van der Waals surface area contributed by atoms with E-state index in [1.165, 1.54) is 89.2 Å². The number of methoxy groups -OCH3 is 1. The quantitative estimate of drug-likeness (QED) is 0.148. The molecule has 162 valence electrons. The molecule has 0 rings (SSSR count). The number of esters is 1. The zero-order valence-corrected chi connectivity index (χ0v) is 20.2. The average Bonchev–Trinajstić information content (AvgIpc) is 2.67. The lowest BCUT2D eigenvalue weighted by Crippen LogP contribution is -2.14. The number of carbonyl (C=O) groups is 1. The monoisotopic (exact) mass is 418 g/mol. The second-order valence-corrected chi connectivity index (χ2v) is 10.6. The van der Waals surface area contributed by atoms with Crippen LogP contribution in [0, 0.1) is 0 Å². The highest BCUT2D eigenvalue weighted by Crippen LogP contribution is 2.30. The first kappa shape index (κ1) is 27.2. The van der Waals surface area contributed by atoms with Crippen molar-refractivity contribution in [1.29, 1.82) is 0 Å². The highest BCUT2D eigenvalue weighted by atomic mass is 32.2. The van der Waals surface area contributed by atoms with Crippen LogP contribution in [0.5, 0.6) is 0 Å². The molecule has 0 aromatic rings. The smallest absolute Gasteiger partial charge is 0.305 e. The molecular weight excluding hydrogens is 372 g/mol. The molecule has 0 spiro atoms. The molecule has 0 radical (unpaired) electrons. The molecule has 2 nitrogen and oxygen atoms in total. The van der Waals surface area contributed by atoms with Gasteiger partial charge in [0.15, 0.2) is 0 Å². The van der Waals surface area contributed by atoms with E-state index < -0.39 is 0 Å². The first-order chi connectivity index (χ1) is 13.2. The minimum absolute atomic E-state index is 0.0661. The number of ether oxygens (including phenoxy) is 1. The predicted octanol–water partition coefficient (Wildman–Crippen LogP) is 7.88. The van der Waals surface area contributed by atoms with Crippen LogP contribution in [0.15, 0.2) is 0 Å². The van der Waals surface area contributed by atoms with Crippen molar-refractivity contribution in [3.05, 3.63) is 0 Å². The molecule has 2 atom stereocenters. The Morgan fingerprint density at radius 3 is 1.70 bits per heavy atom. The van der Waals surface area contributed by atoms with Crippen LogP contribution < -0.4 is 0 Å². The van der Waals surface area contributed by atoms with Gasteiger partial charge in [0.1, 0.15) is 0 Å². The summed E-state index contributed by atoms with van der Waals surface area (Å²) in [5.41, 5.74) is 0. The lowest BCUT2D eigenvalue weighted by atomic mass is 10.0. The van der Waals surface area contributed by atoms with Crippen LogP contribution >= 0.6 is 23.5 Å². The summed E-state index contributed by atoms with van der Waals surface area (Å²) in [7, 11) is 1.47. The predicted molar refractivity (Wildman–Crippen MR) is 126 cm³/mol. The van der Waals surface area contributed by atoms with Crippen molar-refractivity contribution in [2.45, 2.75) is 121 Å².